The number of hydrogen-bond acceptors (Lipinski definition) is 5. The molecule has 1 aliphatic heterocycles. The van der Waals surface area contributed by atoms with Crippen LogP contribution in [0.1, 0.15) is 34.7 Å². The van der Waals surface area contributed by atoms with E-state index in [-0.39, 0.29) is 11.6 Å². The second kappa shape index (κ2) is 9.18. The Balaban J connectivity index is 1.44. The number of nitro benzene ring substituents is 1. The van der Waals surface area contributed by atoms with Crippen LogP contribution in [0.4, 0.5) is 11.4 Å². The van der Waals surface area contributed by atoms with Gasteiger partial charge < -0.3 is 19.9 Å². The molecule has 1 fully saturated rings. The molecule has 2 aromatic carbocycles. The molecule has 4 rings (SSSR count). The first-order valence-electron chi connectivity index (χ1n) is 10.4. The zero-order chi connectivity index (χ0) is 21.8. The number of carbonyl (C=O) groups excluding carboxylic acids is 1. The summed E-state index contributed by atoms with van der Waals surface area (Å²) < 4.78 is 4.97. The maximum atomic E-state index is 13.0. The van der Waals surface area contributed by atoms with E-state index in [0.29, 0.717) is 43.4 Å². The number of para-hydroxylation sites is 1. The van der Waals surface area contributed by atoms with E-state index in [9.17, 15) is 14.9 Å². The van der Waals surface area contributed by atoms with Crippen molar-refractivity contribution in [1.82, 2.24) is 9.88 Å². The van der Waals surface area contributed by atoms with Crippen molar-refractivity contribution in [2.75, 3.05) is 38.7 Å². The number of nitrogens with one attached hydrogen (secondary N) is 2. The van der Waals surface area contributed by atoms with Crippen molar-refractivity contribution in [1.29, 1.82) is 0 Å². The highest BCUT2D eigenvalue weighted by atomic mass is 16.6. The van der Waals surface area contributed by atoms with Crippen LogP contribution in [0.5, 0.6) is 0 Å². The highest BCUT2D eigenvalue weighted by molar-refractivity contribution is 5.96. The van der Waals surface area contributed by atoms with Gasteiger partial charge in [0.25, 0.3) is 11.6 Å². The number of nitro groups is 1. The molecule has 2 N–H and O–H groups in total. The van der Waals surface area contributed by atoms with Gasteiger partial charge in [0, 0.05) is 55.5 Å². The molecule has 0 saturated carbocycles. The molecule has 8 nitrogen and oxygen atoms in total. The average Bonchev–Trinajstić information content (AvgIpc) is 3.23. The Kier molecular flexibility index (Phi) is 6.18. The second-order valence-corrected chi connectivity index (χ2v) is 7.76. The fourth-order valence-electron chi connectivity index (χ4n) is 4.26. The molecule has 1 saturated heterocycles. The van der Waals surface area contributed by atoms with Gasteiger partial charge in [-0.1, -0.05) is 18.2 Å². The van der Waals surface area contributed by atoms with Crippen LogP contribution in [0.15, 0.2) is 48.7 Å². The van der Waals surface area contributed by atoms with Gasteiger partial charge in [0.2, 0.25) is 0 Å². The number of amides is 1. The lowest BCUT2D eigenvalue weighted by atomic mass is 9.89. The van der Waals surface area contributed by atoms with Crippen LogP contribution in [0, 0.1) is 10.1 Å². The maximum Gasteiger partial charge on any atom is 0.293 e. The molecule has 8 heteroatoms. The number of hydrogen-bond donors (Lipinski definition) is 2. The van der Waals surface area contributed by atoms with Gasteiger partial charge in [-0.25, -0.2) is 0 Å². The first-order chi connectivity index (χ1) is 15.1. The minimum Gasteiger partial charge on any atom is -0.383 e. The summed E-state index contributed by atoms with van der Waals surface area (Å²) in [5, 5.41) is 15.7. The summed E-state index contributed by atoms with van der Waals surface area (Å²) >= 11 is 0. The number of rotatable bonds is 7. The third-order valence-electron chi connectivity index (χ3n) is 5.91. The van der Waals surface area contributed by atoms with Crippen molar-refractivity contribution in [3.8, 4) is 0 Å². The van der Waals surface area contributed by atoms with E-state index in [1.807, 2.05) is 12.1 Å². The predicted octanol–water partition coefficient (Wildman–Crippen LogP) is 4.15. The van der Waals surface area contributed by atoms with Gasteiger partial charge in [0.05, 0.1) is 11.5 Å². The van der Waals surface area contributed by atoms with E-state index < -0.39 is 4.92 Å². The largest absolute Gasteiger partial charge is 0.383 e. The van der Waals surface area contributed by atoms with Crippen LogP contribution in [-0.2, 0) is 4.74 Å². The molecule has 3 aromatic rings. The molecule has 2 heterocycles. The lowest BCUT2D eigenvalue weighted by Gasteiger charge is -2.32. The van der Waals surface area contributed by atoms with Crippen molar-refractivity contribution < 1.29 is 14.5 Å². The number of anilines is 1. The van der Waals surface area contributed by atoms with Gasteiger partial charge in [-0.15, -0.1) is 0 Å². The number of benzene rings is 2. The summed E-state index contributed by atoms with van der Waals surface area (Å²) in [6, 6.07) is 12.9. The number of fused-ring (bicyclic) bond motifs is 1. The molecule has 0 radical (unpaired) electrons. The Bertz CT molecular complexity index is 1090. The SMILES string of the molecule is COCCNc1ccc(C(=O)N2CCC(c3c[nH]c4ccccc34)CC2)cc1[N+](=O)[O-]. The van der Waals surface area contributed by atoms with E-state index in [1.54, 1.807) is 24.1 Å². The Labute approximate surface area is 180 Å². The molecule has 1 amide bonds. The quantitative estimate of drug-likeness (QED) is 0.338. The number of aromatic amines is 1. The number of likely N-dealkylation sites (tertiary alicyclic amines) is 1. The standard InChI is InChI=1S/C23H26N4O4/c1-31-13-10-24-21-7-6-17(14-22(21)27(29)30)23(28)26-11-8-16(9-12-26)19-15-25-20-5-3-2-4-18(19)20/h2-7,14-16,24-25H,8-13H2,1H3. The van der Waals surface area contributed by atoms with Gasteiger partial charge in [-0.3, -0.25) is 14.9 Å². The highest BCUT2D eigenvalue weighted by Crippen LogP contribution is 2.34. The zero-order valence-electron chi connectivity index (χ0n) is 17.5. The molecule has 0 atom stereocenters. The molecule has 1 aromatic heterocycles. The summed E-state index contributed by atoms with van der Waals surface area (Å²) in [5.41, 5.74) is 3.05. The van der Waals surface area contributed by atoms with Gasteiger partial charge in [-0.05, 0) is 42.5 Å². The van der Waals surface area contributed by atoms with Crippen LogP contribution < -0.4 is 5.32 Å². The summed E-state index contributed by atoms with van der Waals surface area (Å²) in [5.74, 6) is 0.228. The van der Waals surface area contributed by atoms with Gasteiger partial charge in [0.15, 0.2) is 0 Å². The monoisotopic (exact) mass is 422 g/mol. The molecule has 0 spiro atoms. The van der Waals surface area contributed by atoms with Crippen LogP contribution in [0.3, 0.4) is 0 Å². The van der Waals surface area contributed by atoms with E-state index in [4.69, 9.17) is 4.74 Å². The van der Waals surface area contributed by atoms with Crippen LogP contribution in [0.2, 0.25) is 0 Å². The maximum absolute atomic E-state index is 13.0. The fraction of sp³-hybridized carbons (Fsp3) is 0.348. The Morgan fingerprint density at radius 1 is 1.26 bits per heavy atom. The lowest BCUT2D eigenvalue weighted by molar-refractivity contribution is -0.384. The Morgan fingerprint density at radius 2 is 2.03 bits per heavy atom. The first kappa shape index (κ1) is 20.9. The molecule has 1 aliphatic rings. The van der Waals surface area contributed by atoms with Gasteiger partial charge >= 0.3 is 0 Å². The van der Waals surface area contributed by atoms with E-state index in [0.717, 1.165) is 18.4 Å². The molecule has 31 heavy (non-hydrogen) atoms. The number of aromatic nitrogens is 1. The first-order valence-corrected chi connectivity index (χ1v) is 10.4. The van der Waals surface area contributed by atoms with Crippen molar-refractivity contribution >= 4 is 28.2 Å². The van der Waals surface area contributed by atoms with Gasteiger partial charge in [-0.2, -0.15) is 0 Å². The lowest BCUT2D eigenvalue weighted by Crippen LogP contribution is -2.37. The summed E-state index contributed by atoms with van der Waals surface area (Å²) in [7, 11) is 1.57. The highest BCUT2D eigenvalue weighted by Gasteiger charge is 2.27. The number of carbonyl (C=O) groups is 1. The number of methoxy groups -OCH3 is 1. The second-order valence-electron chi connectivity index (χ2n) is 7.76. The number of piperidine rings is 1. The van der Waals surface area contributed by atoms with Crippen molar-refractivity contribution in [3.63, 3.8) is 0 Å². The predicted molar refractivity (Wildman–Crippen MR) is 120 cm³/mol. The van der Waals surface area contributed by atoms with Gasteiger partial charge in [0.1, 0.15) is 5.69 Å². The minimum absolute atomic E-state index is 0.101. The van der Waals surface area contributed by atoms with E-state index in [2.05, 4.69) is 28.6 Å². The smallest absolute Gasteiger partial charge is 0.293 e. The molecule has 0 bridgehead atoms. The minimum atomic E-state index is -0.463. The van der Waals surface area contributed by atoms with E-state index >= 15 is 0 Å². The van der Waals surface area contributed by atoms with Crippen molar-refractivity contribution in [2.45, 2.75) is 18.8 Å². The fourth-order valence-corrected chi connectivity index (χ4v) is 4.26. The van der Waals surface area contributed by atoms with Crippen molar-refractivity contribution in [3.05, 3.63) is 69.9 Å². The third-order valence-corrected chi connectivity index (χ3v) is 5.91. The summed E-state index contributed by atoms with van der Waals surface area (Å²) in [6.07, 6.45) is 3.81. The zero-order valence-corrected chi connectivity index (χ0v) is 17.5. The number of ether oxygens (including phenoxy) is 1. The van der Waals surface area contributed by atoms with Crippen LogP contribution in [-0.4, -0.2) is 54.1 Å². The molecular weight excluding hydrogens is 396 g/mol. The average molecular weight is 422 g/mol. The van der Waals surface area contributed by atoms with Crippen LogP contribution in [0.25, 0.3) is 10.9 Å². The molecule has 0 unspecified atom stereocenters. The third kappa shape index (κ3) is 4.39. The Morgan fingerprint density at radius 3 is 2.77 bits per heavy atom. The van der Waals surface area contributed by atoms with E-state index in [1.165, 1.54) is 17.0 Å². The topological polar surface area (TPSA) is 100 Å². The number of nitrogens with zero attached hydrogens (tertiary/aromatic N) is 2. The summed E-state index contributed by atoms with van der Waals surface area (Å²) in [6.45, 7) is 2.14. The van der Waals surface area contributed by atoms with Crippen molar-refractivity contribution in [2.24, 2.45) is 0 Å². The van der Waals surface area contributed by atoms with Crippen LogP contribution >= 0.6 is 0 Å². The number of H-pyrrole nitrogens is 1. The molecular formula is C23H26N4O4. The Hall–Kier alpha value is -3.39. The molecule has 162 valence electrons. The summed E-state index contributed by atoms with van der Waals surface area (Å²) in [4.78, 5) is 29.2. The molecule has 0 aliphatic carbocycles. The normalized spacial score (nSPS) is 14.7.